The van der Waals surface area contributed by atoms with E-state index in [0.717, 1.165) is 11.3 Å². The van der Waals surface area contributed by atoms with Gasteiger partial charge in [0.05, 0.1) is 0 Å². The number of anilines is 1. The molecule has 0 bridgehead atoms. The zero-order valence-electron chi connectivity index (χ0n) is 13.5. The van der Waals surface area contributed by atoms with Crippen molar-refractivity contribution in [2.75, 3.05) is 19.0 Å². The summed E-state index contributed by atoms with van der Waals surface area (Å²) in [6, 6.07) is 14.2. The Balaban J connectivity index is 1.78. The van der Waals surface area contributed by atoms with Crippen LogP contribution in [-0.2, 0) is 4.79 Å². The molecule has 120 valence electrons. The smallest absolute Gasteiger partial charge is 0.182 e. The summed E-state index contributed by atoms with van der Waals surface area (Å²) >= 11 is 0. The molecule has 0 saturated heterocycles. The fourth-order valence-electron chi connectivity index (χ4n) is 2.76. The highest BCUT2D eigenvalue weighted by Crippen LogP contribution is 2.27. The van der Waals surface area contributed by atoms with E-state index in [0.29, 0.717) is 11.1 Å². The van der Waals surface area contributed by atoms with Crippen molar-refractivity contribution in [3.63, 3.8) is 0 Å². The van der Waals surface area contributed by atoms with Crippen LogP contribution in [0.1, 0.15) is 26.3 Å². The Morgan fingerprint density at radius 2 is 1.46 bits per heavy atom. The zero-order valence-corrected chi connectivity index (χ0v) is 13.5. The normalized spacial score (nSPS) is 14.2. The van der Waals surface area contributed by atoms with E-state index in [1.807, 2.05) is 43.3 Å². The molecule has 3 rings (SSSR count). The van der Waals surface area contributed by atoms with Gasteiger partial charge in [-0.3, -0.25) is 14.4 Å². The Kier molecular flexibility index (Phi) is 4.13. The monoisotopic (exact) mass is 319 g/mol. The molecule has 2 aromatic rings. The minimum Gasteiger partial charge on any atom is -0.378 e. The number of carbonyl (C=O) groups is 3. The number of ketones is 3. The third kappa shape index (κ3) is 2.78. The lowest BCUT2D eigenvalue weighted by Crippen LogP contribution is -2.23. The summed E-state index contributed by atoms with van der Waals surface area (Å²) < 4.78 is 0. The zero-order chi connectivity index (χ0) is 17.3. The maximum atomic E-state index is 12.3. The molecule has 4 nitrogen and oxygen atoms in total. The molecule has 4 heteroatoms. The summed E-state index contributed by atoms with van der Waals surface area (Å²) in [4.78, 5) is 38.9. The molecule has 0 spiro atoms. The Bertz CT molecular complexity index is 812. The van der Waals surface area contributed by atoms with Gasteiger partial charge in [-0.2, -0.15) is 0 Å². The van der Waals surface area contributed by atoms with Crippen molar-refractivity contribution in [2.24, 2.45) is 5.92 Å². The predicted octanol–water partition coefficient (Wildman–Crippen LogP) is 3.03. The van der Waals surface area contributed by atoms with Crippen LogP contribution >= 0.6 is 0 Å². The summed E-state index contributed by atoms with van der Waals surface area (Å²) in [5, 5.41) is 0. The Morgan fingerprint density at radius 3 is 1.96 bits per heavy atom. The first-order valence-electron chi connectivity index (χ1n) is 7.66. The molecule has 0 radical (unpaired) electrons. The molecular formula is C20H17NO3. The van der Waals surface area contributed by atoms with Gasteiger partial charge in [0.15, 0.2) is 17.3 Å². The van der Waals surface area contributed by atoms with Crippen LogP contribution in [0.25, 0.3) is 6.08 Å². The van der Waals surface area contributed by atoms with E-state index in [1.165, 1.54) is 6.08 Å². The molecule has 2 aromatic carbocycles. The van der Waals surface area contributed by atoms with Crippen molar-refractivity contribution in [1.29, 1.82) is 0 Å². The van der Waals surface area contributed by atoms with Crippen LogP contribution in [0.3, 0.4) is 0 Å². The number of Topliss-reactive ketones (excluding diaryl/α,β-unsaturated/α-hetero) is 2. The number of benzene rings is 2. The van der Waals surface area contributed by atoms with Crippen LogP contribution in [0.4, 0.5) is 5.69 Å². The van der Waals surface area contributed by atoms with Crippen LogP contribution in [0.15, 0.2) is 54.6 Å². The molecule has 0 saturated carbocycles. The van der Waals surface area contributed by atoms with Gasteiger partial charge >= 0.3 is 0 Å². The van der Waals surface area contributed by atoms with E-state index in [4.69, 9.17) is 0 Å². The van der Waals surface area contributed by atoms with E-state index in [1.54, 1.807) is 30.3 Å². The molecule has 24 heavy (non-hydrogen) atoms. The fraction of sp³-hybridized carbons (Fsp3) is 0.150. The first-order valence-corrected chi connectivity index (χ1v) is 7.66. The molecular weight excluding hydrogens is 302 g/mol. The van der Waals surface area contributed by atoms with E-state index < -0.39 is 23.3 Å². The third-order valence-electron chi connectivity index (χ3n) is 4.12. The number of hydrogen-bond donors (Lipinski definition) is 0. The van der Waals surface area contributed by atoms with Gasteiger partial charge in [0.2, 0.25) is 0 Å². The van der Waals surface area contributed by atoms with Crippen LogP contribution in [-0.4, -0.2) is 31.4 Å². The lowest BCUT2D eigenvalue weighted by Gasteiger charge is -2.11. The number of rotatable bonds is 4. The Morgan fingerprint density at radius 1 is 0.917 bits per heavy atom. The molecule has 1 aliphatic carbocycles. The largest absolute Gasteiger partial charge is 0.378 e. The SMILES string of the molecule is CN(C)c1ccc(/C=C/C(=O)C2C(=O)c3ccccc3C2=O)cc1. The maximum Gasteiger partial charge on any atom is 0.182 e. The number of fused-ring (bicyclic) bond motifs is 1. The number of hydrogen-bond acceptors (Lipinski definition) is 4. The van der Waals surface area contributed by atoms with Crippen molar-refractivity contribution < 1.29 is 14.4 Å². The van der Waals surface area contributed by atoms with Crippen molar-refractivity contribution in [1.82, 2.24) is 0 Å². The first-order chi connectivity index (χ1) is 11.5. The second-order valence-corrected chi connectivity index (χ2v) is 5.93. The summed E-state index contributed by atoms with van der Waals surface area (Å²) in [5.74, 6) is -2.53. The molecule has 0 fully saturated rings. The summed E-state index contributed by atoms with van der Waals surface area (Å²) in [6.07, 6.45) is 2.95. The number of carbonyl (C=O) groups excluding carboxylic acids is 3. The highest BCUT2D eigenvalue weighted by molar-refractivity contribution is 6.37. The third-order valence-corrected chi connectivity index (χ3v) is 4.12. The average molecular weight is 319 g/mol. The Hall–Kier alpha value is -3.01. The van der Waals surface area contributed by atoms with Crippen molar-refractivity contribution in [2.45, 2.75) is 0 Å². The van der Waals surface area contributed by atoms with E-state index in [9.17, 15) is 14.4 Å². The van der Waals surface area contributed by atoms with Gasteiger partial charge in [-0.05, 0) is 23.8 Å². The predicted molar refractivity (Wildman–Crippen MR) is 93.4 cm³/mol. The van der Waals surface area contributed by atoms with Crippen LogP contribution < -0.4 is 4.90 Å². The summed E-state index contributed by atoms with van der Waals surface area (Å²) in [5.41, 5.74) is 2.56. The highest BCUT2D eigenvalue weighted by Gasteiger charge is 2.41. The van der Waals surface area contributed by atoms with E-state index in [2.05, 4.69) is 0 Å². The Labute approximate surface area is 140 Å². The number of nitrogens with zero attached hydrogens (tertiary/aromatic N) is 1. The summed E-state index contributed by atoms with van der Waals surface area (Å²) in [7, 11) is 3.90. The molecule has 0 aliphatic heterocycles. The molecule has 0 unspecified atom stereocenters. The van der Waals surface area contributed by atoms with Crippen molar-refractivity contribution in [3.05, 3.63) is 71.3 Å². The minimum absolute atomic E-state index is 0.338. The maximum absolute atomic E-state index is 12.3. The molecule has 0 N–H and O–H groups in total. The minimum atomic E-state index is -1.24. The molecule has 0 amide bonds. The van der Waals surface area contributed by atoms with Gasteiger partial charge in [-0.15, -0.1) is 0 Å². The lowest BCUT2D eigenvalue weighted by atomic mass is 9.97. The van der Waals surface area contributed by atoms with Gasteiger partial charge in [0.1, 0.15) is 5.92 Å². The second-order valence-electron chi connectivity index (χ2n) is 5.93. The van der Waals surface area contributed by atoms with Gasteiger partial charge in [0.25, 0.3) is 0 Å². The van der Waals surface area contributed by atoms with Gasteiger partial charge < -0.3 is 4.90 Å². The molecule has 0 heterocycles. The second kappa shape index (κ2) is 6.24. The first kappa shape index (κ1) is 15.9. The molecule has 0 atom stereocenters. The van der Waals surface area contributed by atoms with Crippen LogP contribution in [0.2, 0.25) is 0 Å². The van der Waals surface area contributed by atoms with Crippen molar-refractivity contribution in [3.8, 4) is 0 Å². The van der Waals surface area contributed by atoms with E-state index >= 15 is 0 Å². The molecule has 0 aromatic heterocycles. The standard InChI is InChI=1S/C20H17NO3/c1-21(2)14-10-7-13(8-11-14)9-12-17(22)18-19(23)15-5-3-4-6-16(15)20(18)24/h3-12,18H,1-2H3/b12-9+. The highest BCUT2D eigenvalue weighted by atomic mass is 16.2. The van der Waals surface area contributed by atoms with E-state index in [-0.39, 0.29) is 0 Å². The summed E-state index contributed by atoms with van der Waals surface area (Å²) in [6.45, 7) is 0. The van der Waals surface area contributed by atoms with Crippen LogP contribution in [0, 0.1) is 5.92 Å². The topological polar surface area (TPSA) is 54.5 Å². The molecule has 1 aliphatic rings. The fourth-order valence-corrected chi connectivity index (χ4v) is 2.76. The van der Waals surface area contributed by atoms with Crippen LogP contribution in [0.5, 0.6) is 0 Å². The van der Waals surface area contributed by atoms with Crippen molar-refractivity contribution >= 4 is 29.1 Å². The quantitative estimate of drug-likeness (QED) is 0.642. The van der Waals surface area contributed by atoms with Gasteiger partial charge in [0, 0.05) is 30.9 Å². The lowest BCUT2D eigenvalue weighted by molar-refractivity contribution is -0.115. The van der Waals surface area contributed by atoms with Gasteiger partial charge in [-0.1, -0.05) is 42.5 Å². The van der Waals surface area contributed by atoms with Gasteiger partial charge in [-0.25, -0.2) is 0 Å². The average Bonchev–Trinajstić information content (AvgIpc) is 2.85. The number of allylic oxidation sites excluding steroid dienone is 1.